The maximum Gasteiger partial charge on any atom is 0.0944 e. The highest BCUT2D eigenvalue weighted by Crippen LogP contribution is 2.25. The monoisotopic (exact) mass is 269 g/mol. The summed E-state index contributed by atoms with van der Waals surface area (Å²) < 4.78 is 0. The number of thiazole rings is 1. The summed E-state index contributed by atoms with van der Waals surface area (Å²) in [6.07, 6.45) is 3.33. The maximum absolute atomic E-state index is 5.67. The molecule has 2 atom stereocenters. The largest absolute Gasteiger partial charge is 0.271 e. The number of hydrogen-bond donors (Lipinski definition) is 2. The molecule has 0 amide bonds. The normalized spacial score (nSPS) is 15.7. The Balaban J connectivity index is 2.68. The fraction of sp³-hybridized carbons (Fsp3) is 0.786. The van der Waals surface area contributed by atoms with E-state index in [1.165, 1.54) is 23.5 Å². The van der Waals surface area contributed by atoms with Gasteiger partial charge in [-0.25, -0.2) is 4.98 Å². The lowest BCUT2D eigenvalue weighted by molar-refractivity contribution is 0.356. The lowest BCUT2D eigenvalue weighted by atomic mass is 9.93. The second-order valence-electron chi connectivity index (χ2n) is 6.12. The molecular weight excluding hydrogens is 242 g/mol. The first kappa shape index (κ1) is 15.6. The van der Waals surface area contributed by atoms with Gasteiger partial charge in [0.15, 0.2) is 0 Å². The van der Waals surface area contributed by atoms with Crippen LogP contribution < -0.4 is 11.3 Å². The van der Waals surface area contributed by atoms with Crippen LogP contribution in [0, 0.1) is 5.92 Å². The van der Waals surface area contributed by atoms with Crippen molar-refractivity contribution < 1.29 is 0 Å². The smallest absolute Gasteiger partial charge is 0.0944 e. The summed E-state index contributed by atoms with van der Waals surface area (Å²) in [5.41, 5.74) is 4.27. The third kappa shape index (κ3) is 4.34. The van der Waals surface area contributed by atoms with E-state index in [9.17, 15) is 0 Å². The molecular formula is C14H27N3S. The van der Waals surface area contributed by atoms with Crippen molar-refractivity contribution in [2.24, 2.45) is 11.8 Å². The molecule has 3 N–H and O–H groups in total. The lowest BCUT2D eigenvalue weighted by Crippen LogP contribution is -2.41. The van der Waals surface area contributed by atoms with Gasteiger partial charge >= 0.3 is 0 Å². The van der Waals surface area contributed by atoms with Crippen molar-refractivity contribution in [3.63, 3.8) is 0 Å². The molecule has 104 valence electrons. The predicted octanol–water partition coefficient (Wildman–Crippen LogP) is 3.25. The third-order valence-corrected chi connectivity index (χ3v) is 4.23. The molecule has 4 heteroatoms. The Kier molecular flexibility index (Phi) is 5.76. The maximum atomic E-state index is 5.67. The molecule has 0 saturated carbocycles. The molecule has 0 fully saturated rings. The third-order valence-electron chi connectivity index (χ3n) is 3.36. The van der Waals surface area contributed by atoms with Crippen LogP contribution in [0.3, 0.4) is 0 Å². The zero-order chi connectivity index (χ0) is 13.8. The summed E-state index contributed by atoms with van der Waals surface area (Å²) in [6, 6.07) is 0.323. The van der Waals surface area contributed by atoms with E-state index >= 15 is 0 Å². The zero-order valence-electron chi connectivity index (χ0n) is 12.3. The lowest BCUT2D eigenvalue weighted by Gasteiger charge is -2.22. The summed E-state index contributed by atoms with van der Waals surface area (Å²) >= 11 is 1.75. The quantitative estimate of drug-likeness (QED) is 0.615. The average Bonchev–Trinajstić information content (AvgIpc) is 2.74. The Labute approximate surface area is 115 Å². The molecule has 0 spiro atoms. The zero-order valence-corrected chi connectivity index (χ0v) is 13.1. The molecule has 1 heterocycles. The minimum atomic E-state index is 0.134. The van der Waals surface area contributed by atoms with Gasteiger partial charge in [-0.2, -0.15) is 0 Å². The molecule has 0 radical (unpaired) electrons. The minimum Gasteiger partial charge on any atom is -0.271 e. The molecule has 1 aromatic rings. The van der Waals surface area contributed by atoms with Crippen molar-refractivity contribution in [3.05, 3.63) is 16.1 Å². The predicted molar refractivity (Wildman–Crippen MR) is 79.7 cm³/mol. The highest BCUT2D eigenvalue weighted by Gasteiger charge is 2.20. The van der Waals surface area contributed by atoms with E-state index in [1.54, 1.807) is 11.3 Å². The summed E-state index contributed by atoms with van der Waals surface area (Å²) in [7, 11) is 0. The molecule has 1 aromatic heterocycles. The number of aromatic nitrogens is 1. The fourth-order valence-electron chi connectivity index (χ4n) is 2.02. The molecule has 0 saturated heterocycles. The van der Waals surface area contributed by atoms with E-state index in [4.69, 9.17) is 10.8 Å². The first-order valence-electron chi connectivity index (χ1n) is 6.79. The van der Waals surface area contributed by atoms with Crippen LogP contribution in [0.25, 0.3) is 0 Å². The summed E-state index contributed by atoms with van der Waals surface area (Å²) in [4.78, 5) is 4.73. The van der Waals surface area contributed by atoms with Crippen LogP contribution in [-0.4, -0.2) is 11.0 Å². The first-order valence-corrected chi connectivity index (χ1v) is 7.67. The molecule has 18 heavy (non-hydrogen) atoms. The van der Waals surface area contributed by atoms with Gasteiger partial charge in [0, 0.05) is 23.3 Å². The van der Waals surface area contributed by atoms with Gasteiger partial charge in [0.2, 0.25) is 0 Å². The molecule has 2 unspecified atom stereocenters. The van der Waals surface area contributed by atoms with Crippen molar-refractivity contribution in [2.45, 2.75) is 65.3 Å². The van der Waals surface area contributed by atoms with E-state index in [-0.39, 0.29) is 5.41 Å². The molecule has 0 aliphatic heterocycles. The molecule has 3 nitrogen and oxygen atoms in total. The number of nitrogens with one attached hydrogen (secondary N) is 1. The second kappa shape index (κ2) is 6.64. The summed E-state index contributed by atoms with van der Waals surface area (Å²) in [6.45, 7) is 11.1. The Morgan fingerprint density at radius 3 is 2.56 bits per heavy atom. The van der Waals surface area contributed by atoms with Gasteiger partial charge in [-0.15, -0.1) is 11.3 Å². The number of hydrazine groups is 1. The van der Waals surface area contributed by atoms with Crippen molar-refractivity contribution in [2.75, 3.05) is 0 Å². The van der Waals surface area contributed by atoms with Crippen LogP contribution >= 0.6 is 11.3 Å². The van der Waals surface area contributed by atoms with E-state index < -0.39 is 0 Å². The number of hydrogen-bond acceptors (Lipinski definition) is 4. The van der Waals surface area contributed by atoms with E-state index in [0.717, 1.165) is 6.42 Å². The second-order valence-corrected chi connectivity index (χ2v) is 7.06. The van der Waals surface area contributed by atoms with Gasteiger partial charge in [-0.05, 0) is 12.3 Å². The Bertz CT molecular complexity index is 354. The standard InChI is InChI=1S/C14H27N3S/c1-6-7-10(2)11(17-15)8-13-16-12(9-18-13)14(3,4)5/h9-11,17H,6-8,15H2,1-5H3. The van der Waals surface area contributed by atoms with E-state index in [2.05, 4.69) is 45.4 Å². The summed E-state index contributed by atoms with van der Waals surface area (Å²) in [5, 5.41) is 3.36. The van der Waals surface area contributed by atoms with Crippen LogP contribution in [0.4, 0.5) is 0 Å². The number of nitrogens with zero attached hydrogens (tertiary/aromatic N) is 1. The SMILES string of the molecule is CCCC(C)C(Cc1nc(C(C)(C)C)cs1)NN. The summed E-state index contributed by atoms with van der Waals surface area (Å²) in [5.74, 6) is 6.26. The molecule has 0 aliphatic carbocycles. The van der Waals surface area contributed by atoms with Crippen molar-refractivity contribution in [3.8, 4) is 0 Å². The van der Waals surface area contributed by atoms with Crippen molar-refractivity contribution in [1.82, 2.24) is 10.4 Å². The Morgan fingerprint density at radius 2 is 2.11 bits per heavy atom. The van der Waals surface area contributed by atoms with Crippen LogP contribution in [0.2, 0.25) is 0 Å². The van der Waals surface area contributed by atoms with Gasteiger partial charge in [-0.1, -0.05) is 41.0 Å². The topological polar surface area (TPSA) is 50.9 Å². The van der Waals surface area contributed by atoms with Gasteiger partial charge in [0.1, 0.15) is 0 Å². The molecule has 0 bridgehead atoms. The fourth-order valence-corrected chi connectivity index (χ4v) is 3.10. The highest BCUT2D eigenvalue weighted by atomic mass is 32.1. The molecule has 0 aliphatic rings. The molecule has 1 rings (SSSR count). The number of nitrogens with two attached hydrogens (primary N) is 1. The first-order chi connectivity index (χ1) is 8.38. The van der Waals surface area contributed by atoms with Crippen LogP contribution in [0.15, 0.2) is 5.38 Å². The van der Waals surface area contributed by atoms with Crippen molar-refractivity contribution >= 4 is 11.3 Å². The minimum absolute atomic E-state index is 0.134. The number of rotatable bonds is 6. The van der Waals surface area contributed by atoms with Gasteiger partial charge in [0.25, 0.3) is 0 Å². The molecule has 0 aromatic carbocycles. The van der Waals surface area contributed by atoms with Gasteiger partial charge in [0.05, 0.1) is 10.7 Å². The Morgan fingerprint density at radius 1 is 1.44 bits per heavy atom. The van der Waals surface area contributed by atoms with E-state index in [1.807, 2.05) is 0 Å². The van der Waals surface area contributed by atoms with Crippen LogP contribution in [0.1, 0.15) is 58.2 Å². The average molecular weight is 269 g/mol. The van der Waals surface area contributed by atoms with Gasteiger partial charge < -0.3 is 0 Å². The Hall–Kier alpha value is -0.450. The highest BCUT2D eigenvalue weighted by molar-refractivity contribution is 7.09. The van der Waals surface area contributed by atoms with Gasteiger partial charge in [-0.3, -0.25) is 11.3 Å². The van der Waals surface area contributed by atoms with Crippen molar-refractivity contribution in [1.29, 1.82) is 0 Å². The van der Waals surface area contributed by atoms with Crippen LogP contribution in [-0.2, 0) is 11.8 Å². The van der Waals surface area contributed by atoms with Crippen LogP contribution in [0.5, 0.6) is 0 Å². The van der Waals surface area contributed by atoms with E-state index in [0.29, 0.717) is 12.0 Å².